The number of carbonyl (C=O) groups excluding carboxylic acids is 1. The van der Waals surface area contributed by atoms with Crippen molar-refractivity contribution in [1.29, 1.82) is 0 Å². The number of thioether (sulfide) groups is 1. The fourth-order valence-electron chi connectivity index (χ4n) is 4.52. The lowest BCUT2D eigenvalue weighted by Gasteiger charge is -2.35. The van der Waals surface area contributed by atoms with E-state index in [-0.39, 0.29) is 16.8 Å². The molecular weight excluding hydrogens is 501 g/mol. The first-order valence-corrected chi connectivity index (χ1v) is 12.7. The van der Waals surface area contributed by atoms with Crippen molar-refractivity contribution in [2.24, 2.45) is 0 Å². The van der Waals surface area contributed by atoms with Crippen LogP contribution >= 0.6 is 21.0 Å². The third kappa shape index (κ3) is 4.82. The van der Waals surface area contributed by atoms with Crippen molar-refractivity contribution in [2.45, 2.75) is 18.7 Å². The standard InChI is InChI=1S/C26H27F2N4O2PS/c1-6-20(33)31-9-11-32(12-10-31)25-18-13-14(2)21(23(35)22(18)29-26(30-25)34-5)17-7-8-19(28)24(15(17)3)36-16(4)27/h6-8,13H,1,4,9-12,35H2,2-3,5H3. The van der Waals surface area contributed by atoms with Gasteiger partial charge in [0.05, 0.1) is 17.5 Å². The molecule has 1 saturated heterocycles. The van der Waals surface area contributed by atoms with Crippen LogP contribution < -0.4 is 14.9 Å². The molecule has 0 N–H and O–H groups in total. The molecule has 188 valence electrons. The molecule has 0 spiro atoms. The van der Waals surface area contributed by atoms with E-state index in [1.807, 2.05) is 13.0 Å². The summed E-state index contributed by atoms with van der Waals surface area (Å²) in [5.74, 6) is 0.141. The van der Waals surface area contributed by atoms with Crippen LogP contribution in [0, 0.1) is 19.7 Å². The average Bonchev–Trinajstić information content (AvgIpc) is 2.86. The number of nitrogens with zero attached hydrogens (tertiary/aromatic N) is 4. The molecule has 36 heavy (non-hydrogen) atoms. The molecule has 2 aromatic carbocycles. The normalized spacial score (nSPS) is 13.7. The monoisotopic (exact) mass is 528 g/mol. The third-order valence-electron chi connectivity index (χ3n) is 6.27. The van der Waals surface area contributed by atoms with E-state index >= 15 is 0 Å². The largest absolute Gasteiger partial charge is 0.467 e. The van der Waals surface area contributed by atoms with Gasteiger partial charge in [-0.1, -0.05) is 31.0 Å². The Bertz CT molecular complexity index is 1390. The molecule has 0 aliphatic carbocycles. The lowest BCUT2D eigenvalue weighted by Crippen LogP contribution is -2.48. The van der Waals surface area contributed by atoms with Gasteiger partial charge in [-0.15, -0.1) is 9.24 Å². The number of amides is 1. The zero-order chi connectivity index (χ0) is 26.1. The van der Waals surface area contributed by atoms with Crippen LogP contribution in [-0.2, 0) is 4.79 Å². The number of benzene rings is 2. The van der Waals surface area contributed by atoms with Gasteiger partial charge in [0, 0.05) is 36.9 Å². The molecule has 1 aliphatic rings. The molecule has 0 bridgehead atoms. The number of fused-ring (bicyclic) bond motifs is 1. The van der Waals surface area contributed by atoms with E-state index in [4.69, 9.17) is 4.74 Å². The maximum Gasteiger partial charge on any atom is 0.318 e. The van der Waals surface area contributed by atoms with Crippen LogP contribution in [-0.4, -0.2) is 54.1 Å². The van der Waals surface area contributed by atoms with Crippen molar-refractivity contribution in [3.8, 4) is 17.1 Å². The van der Waals surface area contributed by atoms with Gasteiger partial charge < -0.3 is 14.5 Å². The smallest absolute Gasteiger partial charge is 0.318 e. The van der Waals surface area contributed by atoms with Gasteiger partial charge in [-0.2, -0.15) is 14.4 Å². The van der Waals surface area contributed by atoms with Crippen molar-refractivity contribution < 1.29 is 18.3 Å². The fourth-order valence-corrected chi connectivity index (χ4v) is 5.77. The summed E-state index contributed by atoms with van der Waals surface area (Å²) < 4.78 is 33.5. The Morgan fingerprint density at radius 1 is 1.22 bits per heavy atom. The molecule has 0 saturated carbocycles. The highest BCUT2D eigenvalue weighted by atomic mass is 32.2. The van der Waals surface area contributed by atoms with Gasteiger partial charge >= 0.3 is 6.01 Å². The Kier molecular flexibility index (Phi) is 7.62. The second-order valence-electron chi connectivity index (χ2n) is 8.43. The average molecular weight is 529 g/mol. The first-order chi connectivity index (χ1) is 17.2. The molecular formula is C26H27F2N4O2PS. The summed E-state index contributed by atoms with van der Waals surface area (Å²) in [5, 5.41) is 0.974. The van der Waals surface area contributed by atoms with Crippen LogP contribution in [0.25, 0.3) is 22.0 Å². The van der Waals surface area contributed by atoms with Gasteiger partial charge in [0.2, 0.25) is 5.91 Å². The molecule has 1 aliphatic heterocycles. The fraction of sp³-hybridized carbons (Fsp3) is 0.269. The summed E-state index contributed by atoms with van der Waals surface area (Å²) >= 11 is 0.678. The number of carbonyl (C=O) groups is 1. The van der Waals surface area contributed by atoms with Crippen LogP contribution in [0.2, 0.25) is 0 Å². The minimum absolute atomic E-state index is 0.0870. The van der Waals surface area contributed by atoms with E-state index < -0.39 is 11.0 Å². The van der Waals surface area contributed by atoms with Crippen LogP contribution in [0.5, 0.6) is 6.01 Å². The van der Waals surface area contributed by atoms with Crippen molar-refractivity contribution in [3.63, 3.8) is 0 Å². The number of rotatable bonds is 6. The lowest BCUT2D eigenvalue weighted by molar-refractivity contribution is -0.126. The first-order valence-electron chi connectivity index (χ1n) is 11.3. The van der Waals surface area contributed by atoms with E-state index in [0.29, 0.717) is 49.0 Å². The predicted molar refractivity (Wildman–Crippen MR) is 145 cm³/mol. The summed E-state index contributed by atoms with van der Waals surface area (Å²) in [7, 11) is 4.27. The van der Waals surface area contributed by atoms with Gasteiger partial charge in [-0.05, 0) is 54.3 Å². The van der Waals surface area contributed by atoms with Gasteiger partial charge in [-0.25, -0.2) is 4.39 Å². The highest BCUT2D eigenvalue weighted by molar-refractivity contribution is 8.02. The topological polar surface area (TPSA) is 58.6 Å². The van der Waals surface area contributed by atoms with Crippen LogP contribution in [0.1, 0.15) is 11.1 Å². The summed E-state index contributed by atoms with van der Waals surface area (Å²) in [6, 6.07) is 5.28. The Morgan fingerprint density at radius 3 is 2.53 bits per heavy atom. The molecule has 4 rings (SSSR count). The number of anilines is 1. The van der Waals surface area contributed by atoms with E-state index in [1.165, 1.54) is 19.3 Å². The molecule has 10 heteroatoms. The van der Waals surface area contributed by atoms with Crippen molar-refractivity contribution >= 4 is 48.9 Å². The SMILES string of the molecule is C=CC(=O)N1CCN(c2nc(OC)nc3c(P)c(-c4ccc(F)c(SC(=C)F)c4C)c(C)cc23)CC1. The zero-order valence-corrected chi connectivity index (χ0v) is 22.4. The first kappa shape index (κ1) is 26.0. The van der Waals surface area contributed by atoms with Crippen LogP contribution in [0.3, 0.4) is 0 Å². The molecule has 1 aromatic heterocycles. The van der Waals surface area contributed by atoms with Gasteiger partial charge in [0.25, 0.3) is 0 Å². The zero-order valence-electron chi connectivity index (χ0n) is 20.4. The molecule has 1 fully saturated rings. The van der Waals surface area contributed by atoms with Gasteiger partial charge in [0.15, 0.2) is 5.16 Å². The number of halogens is 2. The minimum atomic E-state index is -0.674. The van der Waals surface area contributed by atoms with Crippen molar-refractivity contribution in [1.82, 2.24) is 14.9 Å². The minimum Gasteiger partial charge on any atom is -0.467 e. The Balaban J connectivity index is 1.86. The van der Waals surface area contributed by atoms with E-state index in [9.17, 15) is 13.6 Å². The number of ether oxygens (including phenoxy) is 1. The second kappa shape index (κ2) is 10.5. The molecule has 6 nitrogen and oxygen atoms in total. The Hall–Kier alpha value is -3.03. The van der Waals surface area contributed by atoms with E-state index in [1.54, 1.807) is 17.9 Å². The van der Waals surface area contributed by atoms with Crippen LogP contribution in [0.15, 0.2) is 47.5 Å². The quantitative estimate of drug-likeness (QED) is 0.257. The lowest BCUT2D eigenvalue weighted by atomic mass is 9.94. The van der Waals surface area contributed by atoms with Gasteiger partial charge in [-0.3, -0.25) is 4.79 Å². The van der Waals surface area contributed by atoms with E-state index in [2.05, 4.69) is 37.3 Å². The molecule has 2 heterocycles. The number of piperazine rings is 1. The Morgan fingerprint density at radius 2 is 1.92 bits per heavy atom. The Labute approximate surface area is 215 Å². The van der Waals surface area contributed by atoms with Crippen molar-refractivity contribution in [3.05, 3.63) is 59.5 Å². The summed E-state index contributed by atoms with van der Waals surface area (Å²) in [6.45, 7) is 12.9. The predicted octanol–water partition coefficient (Wildman–Crippen LogP) is 4.93. The molecule has 3 aromatic rings. The summed E-state index contributed by atoms with van der Waals surface area (Å²) in [6.07, 6.45) is 1.33. The van der Waals surface area contributed by atoms with E-state index in [0.717, 1.165) is 33.2 Å². The number of aromatic nitrogens is 2. The highest BCUT2D eigenvalue weighted by Gasteiger charge is 2.25. The van der Waals surface area contributed by atoms with Crippen molar-refractivity contribution in [2.75, 3.05) is 38.2 Å². The summed E-state index contributed by atoms with van der Waals surface area (Å²) in [4.78, 5) is 25.4. The molecule has 1 unspecified atom stereocenters. The van der Waals surface area contributed by atoms with Gasteiger partial charge in [0.1, 0.15) is 11.6 Å². The summed E-state index contributed by atoms with van der Waals surface area (Å²) in [5.41, 5.74) is 3.88. The maximum absolute atomic E-state index is 14.5. The second-order valence-corrected chi connectivity index (χ2v) is 10.1. The molecule has 1 atom stereocenters. The molecule has 0 radical (unpaired) electrons. The highest BCUT2D eigenvalue weighted by Crippen LogP contribution is 2.39. The number of hydrogen-bond acceptors (Lipinski definition) is 6. The van der Waals surface area contributed by atoms with Crippen LogP contribution in [0.4, 0.5) is 14.6 Å². The third-order valence-corrected chi connectivity index (χ3v) is 7.76. The maximum atomic E-state index is 14.5. The molecule has 1 amide bonds. The number of methoxy groups -OCH3 is 1. The number of aryl methyl sites for hydroxylation is 1. The number of hydrogen-bond donors (Lipinski definition) is 0.